The first-order valence-corrected chi connectivity index (χ1v) is 7.71. The van der Waals surface area contributed by atoms with Gasteiger partial charge in [-0.15, -0.1) is 0 Å². The number of hydrogen-bond donors (Lipinski definition) is 0. The third kappa shape index (κ3) is 4.41. The van der Waals surface area contributed by atoms with Crippen LogP contribution in [0.5, 0.6) is 0 Å². The molecule has 1 unspecified atom stereocenters. The molecule has 0 spiro atoms. The lowest BCUT2D eigenvalue weighted by Crippen LogP contribution is -2.26. The predicted molar refractivity (Wildman–Crippen MR) is 86.5 cm³/mol. The molecule has 0 saturated carbocycles. The van der Waals surface area contributed by atoms with Gasteiger partial charge in [-0.25, -0.2) is 19.2 Å². The molecule has 0 fully saturated rings. The second kappa shape index (κ2) is 8.19. The van der Waals surface area contributed by atoms with Crippen molar-refractivity contribution < 1.29 is 38.2 Å². The largest absolute Gasteiger partial charge is 0.458 e. The van der Waals surface area contributed by atoms with Gasteiger partial charge in [0, 0.05) is 12.0 Å². The Morgan fingerprint density at radius 2 is 1.92 bits per heavy atom. The van der Waals surface area contributed by atoms with Gasteiger partial charge in [-0.1, -0.05) is 6.58 Å². The van der Waals surface area contributed by atoms with Crippen LogP contribution >= 0.6 is 0 Å². The number of cyclic esters (lactones) is 2. The molecule has 0 aromatic heterocycles. The van der Waals surface area contributed by atoms with E-state index >= 15 is 0 Å². The zero-order chi connectivity index (χ0) is 19.3. The van der Waals surface area contributed by atoms with E-state index in [-0.39, 0.29) is 41.7 Å². The molecular weight excluding hydrogens is 344 g/mol. The van der Waals surface area contributed by atoms with Gasteiger partial charge in [0.25, 0.3) is 0 Å². The maximum Gasteiger partial charge on any atom is 0.346 e. The number of aldehydes is 1. The van der Waals surface area contributed by atoms with Crippen molar-refractivity contribution in [1.29, 1.82) is 0 Å². The van der Waals surface area contributed by atoms with Crippen molar-refractivity contribution in [2.24, 2.45) is 0 Å². The number of carbonyl (C=O) groups excluding carboxylic acids is 5. The highest BCUT2D eigenvalue weighted by atomic mass is 16.6. The zero-order valence-electron chi connectivity index (χ0n) is 14.0. The van der Waals surface area contributed by atoms with Crippen LogP contribution in [0.3, 0.4) is 0 Å². The van der Waals surface area contributed by atoms with E-state index in [1.807, 2.05) is 0 Å². The summed E-state index contributed by atoms with van der Waals surface area (Å²) in [4.78, 5) is 57.3. The Bertz CT molecular complexity index is 792. The molecule has 0 bridgehead atoms. The van der Waals surface area contributed by atoms with E-state index in [0.29, 0.717) is 6.29 Å². The van der Waals surface area contributed by atoms with Crippen LogP contribution < -0.4 is 0 Å². The first kappa shape index (κ1) is 19.0. The van der Waals surface area contributed by atoms with E-state index in [0.717, 1.165) is 0 Å². The van der Waals surface area contributed by atoms with Gasteiger partial charge in [-0.2, -0.15) is 0 Å². The summed E-state index contributed by atoms with van der Waals surface area (Å²) in [6, 6.07) is 3.81. The molecule has 1 aromatic rings. The summed E-state index contributed by atoms with van der Waals surface area (Å²) in [5.74, 6) is -3.05. The van der Waals surface area contributed by atoms with Crippen LogP contribution in [0.2, 0.25) is 0 Å². The zero-order valence-corrected chi connectivity index (χ0v) is 14.0. The highest BCUT2D eigenvalue weighted by Gasteiger charge is 2.31. The lowest BCUT2D eigenvalue weighted by Gasteiger charge is -2.17. The molecule has 1 aliphatic rings. The summed E-state index contributed by atoms with van der Waals surface area (Å²) >= 11 is 0. The number of benzene rings is 1. The fraction of sp³-hybridized carbons (Fsp3) is 0.278. The van der Waals surface area contributed by atoms with Crippen molar-refractivity contribution in [3.05, 3.63) is 47.0 Å². The van der Waals surface area contributed by atoms with E-state index in [1.54, 1.807) is 0 Å². The first-order valence-electron chi connectivity index (χ1n) is 7.71. The minimum Gasteiger partial charge on any atom is -0.458 e. The van der Waals surface area contributed by atoms with Gasteiger partial charge in [-0.05, 0) is 31.5 Å². The van der Waals surface area contributed by atoms with Gasteiger partial charge in [0.1, 0.15) is 19.0 Å². The van der Waals surface area contributed by atoms with Crippen LogP contribution in [-0.2, 0) is 23.8 Å². The molecular formula is C18H16O8. The van der Waals surface area contributed by atoms with E-state index in [1.165, 1.54) is 25.1 Å². The van der Waals surface area contributed by atoms with Crippen LogP contribution in [0.4, 0.5) is 0 Å². The Labute approximate surface area is 148 Å². The Balaban J connectivity index is 2.08. The van der Waals surface area contributed by atoms with E-state index in [4.69, 9.17) is 9.47 Å². The van der Waals surface area contributed by atoms with E-state index in [2.05, 4.69) is 11.3 Å². The Hall–Kier alpha value is -3.29. The number of fused-ring (bicyclic) bond motifs is 1. The Morgan fingerprint density at radius 1 is 1.23 bits per heavy atom. The van der Waals surface area contributed by atoms with Crippen molar-refractivity contribution in [3.8, 4) is 0 Å². The number of carbonyl (C=O) groups is 5. The maximum absolute atomic E-state index is 12.3. The first-order chi connectivity index (χ1) is 12.3. The van der Waals surface area contributed by atoms with Crippen LogP contribution in [0.25, 0.3) is 0 Å². The number of hydrogen-bond acceptors (Lipinski definition) is 8. The molecule has 2 rings (SSSR count). The number of esters is 4. The topological polar surface area (TPSA) is 113 Å². The molecule has 0 aliphatic carbocycles. The second-order valence-electron chi connectivity index (χ2n) is 5.59. The van der Waals surface area contributed by atoms with Crippen molar-refractivity contribution in [2.75, 3.05) is 6.61 Å². The van der Waals surface area contributed by atoms with Crippen LogP contribution in [0.15, 0.2) is 30.4 Å². The summed E-state index contributed by atoms with van der Waals surface area (Å²) < 4.78 is 14.7. The number of ether oxygens (including phenoxy) is 3. The van der Waals surface area contributed by atoms with Gasteiger partial charge >= 0.3 is 23.9 Å². The lowest BCUT2D eigenvalue weighted by atomic mass is 10.1. The van der Waals surface area contributed by atoms with Crippen molar-refractivity contribution in [1.82, 2.24) is 0 Å². The fourth-order valence-electron chi connectivity index (χ4n) is 2.15. The second-order valence-corrected chi connectivity index (χ2v) is 5.59. The molecule has 8 heteroatoms. The molecule has 0 radical (unpaired) electrons. The number of rotatable bonds is 8. The standard InChI is InChI=1S/C18H16O8/c1-10(2)15(20)24-9-12(4-3-7-19)25-16(21)11-5-6-13-14(8-11)18(23)26-17(13)22/h5-8,12H,1,3-4,9H2,2H3. The Kier molecular flexibility index (Phi) is 6.00. The molecule has 1 heterocycles. The third-order valence-corrected chi connectivity index (χ3v) is 3.51. The average Bonchev–Trinajstić information content (AvgIpc) is 2.90. The molecule has 26 heavy (non-hydrogen) atoms. The van der Waals surface area contributed by atoms with E-state index in [9.17, 15) is 24.0 Å². The van der Waals surface area contributed by atoms with Gasteiger partial charge in [0.05, 0.1) is 16.7 Å². The van der Waals surface area contributed by atoms with Gasteiger partial charge in [0.2, 0.25) is 0 Å². The SMILES string of the molecule is C=C(C)C(=O)OCC(CCC=O)OC(=O)c1ccc2c(c1)C(=O)OC2=O. The van der Waals surface area contributed by atoms with Gasteiger partial charge < -0.3 is 19.0 Å². The predicted octanol–water partition coefficient (Wildman–Crippen LogP) is 1.62. The third-order valence-electron chi connectivity index (χ3n) is 3.51. The minimum atomic E-state index is -0.849. The molecule has 1 aliphatic heterocycles. The summed E-state index contributed by atoms with van der Waals surface area (Å²) in [6.45, 7) is 4.67. The lowest BCUT2D eigenvalue weighted by molar-refractivity contribution is -0.142. The summed E-state index contributed by atoms with van der Waals surface area (Å²) in [6.07, 6.45) is 0.0637. The van der Waals surface area contributed by atoms with Crippen LogP contribution in [-0.4, -0.2) is 42.9 Å². The normalized spacial score (nSPS) is 13.4. The minimum absolute atomic E-state index is 0.0254. The smallest absolute Gasteiger partial charge is 0.346 e. The quantitative estimate of drug-likeness (QED) is 0.226. The molecule has 0 amide bonds. The van der Waals surface area contributed by atoms with Crippen LogP contribution in [0.1, 0.15) is 50.8 Å². The molecule has 8 nitrogen and oxygen atoms in total. The van der Waals surface area contributed by atoms with Gasteiger partial charge in [0.15, 0.2) is 0 Å². The Morgan fingerprint density at radius 3 is 2.58 bits per heavy atom. The fourth-order valence-corrected chi connectivity index (χ4v) is 2.15. The van der Waals surface area contributed by atoms with Crippen LogP contribution in [0, 0.1) is 0 Å². The van der Waals surface area contributed by atoms with Crippen molar-refractivity contribution in [3.63, 3.8) is 0 Å². The van der Waals surface area contributed by atoms with E-state index < -0.39 is 30.0 Å². The summed E-state index contributed by atoms with van der Waals surface area (Å²) in [5, 5.41) is 0. The maximum atomic E-state index is 12.3. The highest BCUT2D eigenvalue weighted by Crippen LogP contribution is 2.22. The van der Waals surface area contributed by atoms with Crippen molar-refractivity contribution >= 4 is 30.2 Å². The van der Waals surface area contributed by atoms with Crippen molar-refractivity contribution in [2.45, 2.75) is 25.9 Å². The highest BCUT2D eigenvalue weighted by molar-refractivity contribution is 6.15. The molecule has 136 valence electrons. The van der Waals surface area contributed by atoms with Gasteiger partial charge in [-0.3, -0.25) is 0 Å². The molecule has 0 saturated heterocycles. The average molecular weight is 360 g/mol. The molecule has 1 aromatic carbocycles. The summed E-state index contributed by atoms with van der Waals surface area (Å²) in [5.41, 5.74) is 0.257. The molecule has 1 atom stereocenters. The molecule has 0 N–H and O–H groups in total. The monoisotopic (exact) mass is 360 g/mol. The summed E-state index contributed by atoms with van der Waals surface area (Å²) in [7, 11) is 0.